The van der Waals surface area contributed by atoms with Gasteiger partial charge in [0.05, 0.1) is 6.42 Å². The second-order valence-electron chi connectivity index (χ2n) is 7.20. The van der Waals surface area contributed by atoms with Crippen molar-refractivity contribution in [2.24, 2.45) is 0 Å². The highest BCUT2D eigenvalue weighted by Gasteiger charge is 2.20. The van der Waals surface area contributed by atoms with Gasteiger partial charge in [-0.2, -0.15) is 0 Å². The van der Waals surface area contributed by atoms with Crippen LogP contribution in [0.25, 0.3) is 10.9 Å². The lowest BCUT2D eigenvalue weighted by Gasteiger charge is -2.12. The highest BCUT2D eigenvalue weighted by Crippen LogP contribution is 2.19. The van der Waals surface area contributed by atoms with Gasteiger partial charge in [-0.05, 0) is 42.3 Å². The number of halogens is 1. The normalized spacial score (nSPS) is 10.8. The molecule has 3 aromatic rings. The van der Waals surface area contributed by atoms with Crippen molar-refractivity contribution in [1.29, 1.82) is 0 Å². The molecule has 0 saturated heterocycles. The Balaban J connectivity index is 2.06. The predicted molar refractivity (Wildman–Crippen MR) is 111 cm³/mol. The first-order valence-corrected chi connectivity index (χ1v) is 9.59. The molecule has 32 heavy (non-hydrogen) atoms. The largest absolute Gasteiger partial charge is 0.481 e. The van der Waals surface area contributed by atoms with Gasteiger partial charge in [-0.15, -0.1) is 0 Å². The van der Waals surface area contributed by atoms with Gasteiger partial charge in [0.15, 0.2) is 11.2 Å². The Labute approximate surface area is 180 Å². The predicted octanol–water partition coefficient (Wildman–Crippen LogP) is 2.50. The first kappa shape index (κ1) is 22.5. The van der Waals surface area contributed by atoms with Gasteiger partial charge >= 0.3 is 11.9 Å². The second-order valence-corrected chi connectivity index (χ2v) is 7.20. The Hall–Kier alpha value is -4.14. The number of aliphatic carboxylic acids is 2. The van der Waals surface area contributed by atoms with Crippen LogP contribution in [-0.4, -0.2) is 38.7 Å². The third-order valence-corrected chi connectivity index (χ3v) is 4.95. The lowest BCUT2D eigenvalue weighted by Crippen LogP contribution is -2.19. The number of H-pyrrole nitrogens is 1. The number of carbonyl (C=O) groups is 4. The molecule has 1 heterocycles. The van der Waals surface area contributed by atoms with Crippen molar-refractivity contribution >= 4 is 34.4 Å². The molecule has 0 radical (unpaired) electrons. The van der Waals surface area contributed by atoms with Crippen molar-refractivity contribution < 1.29 is 33.8 Å². The van der Waals surface area contributed by atoms with Crippen LogP contribution in [0.3, 0.4) is 0 Å². The van der Waals surface area contributed by atoms with E-state index >= 15 is 0 Å². The topological polar surface area (TPSA) is 142 Å². The van der Waals surface area contributed by atoms with Crippen molar-refractivity contribution in [1.82, 2.24) is 4.98 Å². The number of hydrogen-bond donors (Lipinski definition) is 3. The Morgan fingerprint density at radius 1 is 0.969 bits per heavy atom. The summed E-state index contributed by atoms with van der Waals surface area (Å²) in [5, 5.41) is 17.8. The summed E-state index contributed by atoms with van der Waals surface area (Å²) in [6.45, 7) is 0. The van der Waals surface area contributed by atoms with Crippen LogP contribution in [0.5, 0.6) is 0 Å². The Morgan fingerprint density at radius 2 is 1.66 bits per heavy atom. The Morgan fingerprint density at radius 3 is 2.28 bits per heavy atom. The van der Waals surface area contributed by atoms with Gasteiger partial charge in [0.2, 0.25) is 5.78 Å². The van der Waals surface area contributed by atoms with E-state index in [1.54, 1.807) is 12.1 Å². The van der Waals surface area contributed by atoms with E-state index in [4.69, 9.17) is 10.2 Å². The fourth-order valence-corrected chi connectivity index (χ4v) is 3.33. The second kappa shape index (κ2) is 9.34. The van der Waals surface area contributed by atoms with Gasteiger partial charge in [-0.25, -0.2) is 9.18 Å². The van der Waals surface area contributed by atoms with Gasteiger partial charge < -0.3 is 15.2 Å². The smallest absolute Gasteiger partial charge is 0.372 e. The van der Waals surface area contributed by atoms with Gasteiger partial charge in [0.25, 0.3) is 0 Å². The van der Waals surface area contributed by atoms with E-state index in [2.05, 4.69) is 4.98 Å². The van der Waals surface area contributed by atoms with E-state index in [0.717, 1.165) is 0 Å². The minimum atomic E-state index is -1.72. The number of carbonyl (C=O) groups excluding carboxylic acids is 2. The summed E-state index contributed by atoms with van der Waals surface area (Å²) in [6, 6.07) is 9.76. The van der Waals surface area contributed by atoms with Crippen LogP contribution in [0, 0.1) is 5.82 Å². The molecule has 1 aromatic heterocycles. The number of pyridine rings is 1. The van der Waals surface area contributed by atoms with E-state index in [0.29, 0.717) is 16.8 Å². The first-order valence-electron chi connectivity index (χ1n) is 9.59. The zero-order valence-electron chi connectivity index (χ0n) is 16.7. The fraction of sp³-hybridized carbons (Fsp3) is 0.174. The minimum absolute atomic E-state index is 0.00642. The SMILES string of the molecule is O=C(O)CCc1c(Cc2ccc(F)cc2)[nH]c2ccc(C(=O)CC(=O)C(=O)O)cc2c1=O. The number of aromatic amines is 1. The molecule has 0 spiro atoms. The molecule has 0 aliphatic heterocycles. The molecule has 0 atom stereocenters. The molecule has 2 aromatic carbocycles. The summed E-state index contributed by atoms with van der Waals surface area (Å²) >= 11 is 0. The molecule has 0 bridgehead atoms. The molecule has 3 N–H and O–H groups in total. The summed E-state index contributed by atoms with van der Waals surface area (Å²) < 4.78 is 13.2. The molecular weight excluding hydrogens is 421 g/mol. The fourth-order valence-electron chi connectivity index (χ4n) is 3.33. The zero-order valence-corrected chi connectivity index (χ0v) is 16.7. The van der Waals surface area contributed by atoms with E-state index in [1.807, 2.05) is 0 Å². The van der Waals surface area contributed by atoms with Crippen LogP contribution in [-0.2, 0) is 27.2 Å². The van der Waals surface area contributed by atoms with Crippen LogP contribution in [0.2, 0.25) is 0 Å². The highest BCUT2D eigenvalue weighted by molar-refractivity contribution is 6.37. The molecule has 0 saturated carbocycles. The van der Waals surface area contributed by atoms with Gasteiger partial charge in [0, 0.05) is 40.6 Å². The Bertz CT molecular complexity index is 1290. The molecule has 164 valence electrons. The number of fused-ring (bicyclic) bond motifs is 1. The summed E-state index contributed by atoms with van der Waals surface area (Å²) in [5.41, 5.74) is 1.29. The number of ketones is 2. The van der Waals surface area contributed by atoms with Gasteiger partial charge in [-0.1, -0.05) is 12.1 Å². The first-order chi connectivity index (χ1) is 15.2. The number of carboxylic acid groups (broad SMARTS) is 2. The molecule has 0 fully saturated rings. The molecule has 0 aliphatic rings. The average Bonchev–Trinajstić information content (AvgIpc) is 2.74. The molecular formula is C23H18FNO7. The summed E-state index contributed by atoms with van der Waals surface area (Å²) in [7, 11) is 0. The van der Waals surface area contributed by atoms with E-state index in [-0.39, 0.29) is 35.8 Å². The third-order valence-electron chi connectivity index (χ3n) is 4.95. The monoisotopic (exact) mass is 439 g/mol. The molecule has 0 aliphatic carbocycles. The molecule has 9 heteroatoms. The average molecular weight is 439 g/mol. The van der Waals surface area contributed by atoms with Crippen LogP contribution in [0.4, 0.5) is 4.39 Å². The maximum Gasteiger partial charge on any atom is 0.372 e. The van der Waals surface area contributed by atoms with Crippen molar-refractivity contribution in [2.45, 2.75) is 25.7 Å². The van der Waals surface area contributed by atoms with Crippen LogP contribution >= 0.6 is 0 Å². The standard InChI is InChI=1S/C23H18FNO7/c24-14-4-1-12(2-5-14)9-18-15(6-8-21(28)29)22(30)16-10-13(3-7-17(16)25-18)19(26)11-20(27)23(31)32/h1-5,7,10H,6,8-9,11H2,(H,25,30)(H,28,29)(H,31,32). The van der Waals surface area contributed by atoms with Crippen LogP contribution in [0.1, 0.15) is 40.0 Å². The van der Waals surface area contributed by atoms with Crippen molar-refractivity contribution in [3.63, 3.8) is 0 Å². The molecule has 3 rings (SSSR count). The van der Waals surface area contributed by atoms with Crippen LogP contribution < -0.4 is 5.43 Å². The van der Waals surface area contributed by atoms with Gasteiger partial charge in [-0.3, -0.25) is 19.2 Å². The number of nitrogens with one attached hydrogen (secondary N) is 1. The Kier molecular flexibility index (Phi) is 6.58. The molecule has 0 amide bonds. The zero-order chi connectivity index (χ0) is 23.4. The highest BCUT2D eigenvalue weighted by atomic mass is 19.1. The van der Waals surface area contributed by atoms with E-state index < -0.39 is 41.2 Å². The maximum absolute atomic E-state index is 13.2. The number of rotatable bonds is 9. The quantitative estimate of drug-likeness (QED) is 0.264. The summed E-state index contributed by atoms with van der Waals surface area (Å²) in [5.74, 6) is -5.24. The minimum Gasteiger partial charge on any atom is -0.481 e. The number of benzene rings is 2. The third kappa shape index (κ3) is 5.12. The van der Waals surface area contributed by atoms with Gasteiger partial charge in [0.1, 0.15) is 5.82 Å². The maximum atomic E-state index is 13.2. The number of carboxylic acids is 2. The number of hydrogen-bond acceptors (Lipinski definition) is 5. The lowest BCUT2D eigenvalue weighted by molar-refractivity contribution is -0.148. The molecule has 0 unspecified atom stereocenters. The molecule has 8 nitrogen and oxygen atoms in total. The summed E-state index contributed by atoms with van der Waals surface area (Å²) in [6.07, 6.45) is -0.967. The van der Waals surface area contributed by atoms with Crippen LogP contribution in [0.15, 0.2) is 47.3 Å². The van der Waals surface area contributed by atoms with Crippen molar-refractivity contribution in [2.75, 3.05) is 0 Å². The van der Waals surface area contributed by atoms with E-state index in [9.17, 15) is 28.4 Å². The van der Waals surface area contributed by atoms with E-state index in [1.165, 1.54) is 30.3 Å². The lowest BCUT2D eigenvalue weighted by atomic mass is 9.97. The van der Waals surface area contributed by atoms with Crippen molar-refractivity contribution in [3.8, 4) is 0 Å². The number of Topliss-reactive ketones (excluding diaryl/α,β-unsaturated/α-hetero) is 2. The number of aromatic nitrogens is 1. The van der Waals surface area contributed by atoms with Crippen molar-refractivity contribution in [3.05, 3.63) is 80.9 Å². The summed E-state index contributed by atoms with van der Waals surface area (Å²) in [4.78, 5) is 61.6.